The number of halogens is 1. The monoisotopic (exact) mass is 675 g/mol. The van der Waals surface area contributed by atoms with Crippen molar-refractivity contribution in [2.45, 2.75) is 104 Å². The first kappa shape index (κ1) is 35.3. The summed E-state index contributed by atoms with van der Waals surface area (Å²) in [7, 11) is -2.17. The standard InChI is InChI=1S/C37H50FN5O4Si/c1-23-18-27(38)30(21-32(23)47-48(8,9)37(5,6)7)41-29-12-15-39-34-33(29)31(44)20-25-19-24(10-11-28(25)42-34)22-43-16-13-26(14-17-43)40-35(45)46-36(2,3)4/h10-12,15,18-19,21,26H,13-14,16-17,20,22H2,1-9H3,(H,40,45)(H2,39,41,42). The van der Waals surface area contributed by atoms with Crippen molar-refractivity contribution >= 4 is 43.1 Å². The smallest absolute Gasteiger partial charge is 0.407 e. The van der Waals surface area contributed by atoms with Crippen LogP contribution in [0.15, 0.2) is 42.6 Å². The number of hydrogen-bond acceptors (Lipinski definition) is 8. The molecule has 0 atom stereocenters. The Hall–Kier alpha value is -3.96. The van der Waals surface area contributed by atoms with Gasteiger partial charge < -0.3 is 25.1 Å². The summed E-state index contributed by atoms with van der Waals surface area (Å²) < 4.78 is 27.3. The SMILES string of the molecule is Cc1cc(F)c(Nc2ccnc3c2C(=O)Cc2cc(CN4CCC(NC(=O)OC(C)(C)C)CC4)ccc2N3)cc1O[Si](C)(C)C(C)(C)C. The molecule has 9 nitrogen and oxygen atoms in total. The highest BCUT2D eigenvalue weighted by atomic mass is 28.4. The Labute approximate surface area is 285 Å². The summed E-state index contributed by atoms with van der Waals surface area (Å²) in [6.45, 7) is 20.7. The van der Waals surface area contributed by atoms with Crippen LogP contribution in [0, 0.1) is 12.7 Å². The molecule has 0 unspecified atom stereocenters. The quantitative estimate of drug-likeness (QED) is 0.214. The maximum absolute atomic E-state index is 15.3. The highest BCUT2D eigenvalue weighted by Gasteiger charge is 2.39. The number of nitrogens with one attached hydrogen (secondary N) is 3. The minimum atomic E-state index is -2.17. The fourth-order valence-electron chi connectivity index (χ4n) is 5.75. The van der Waals surface area contributed by atoms with Gasteiger partial charge in [-0.25, -0.2) is 14.2 Å². The van der Waals surface area contributed by atoms with Crippen LogP contribution in [-0.4, -0.2) is 54.8 Å². The number of nitrogens with zero attached hydrogens (tertiary/aromatic N) is 2. The molecule has 2 aromatic carbocycles. The summed E-state index contributed by atoms with van der Waals surface area (Å²) >= 11 is 0. The van der Waals surface area contributed by atoms with Gasteiger partial charge in [0.25, 0.3) is 0 Å². The zero-order valence-corrected chi connectivity index (χ0v) is 30.8. The van der Waals surface area contributed by atoms with Crippen LogP contribution in [0.4, 0.5) is 32.1 Å². The number of pyridine rings is 1. The van der Waals surface area contributed by atoms with Crippen LogP contribution >= 0.6 is 0 Å². The molecule has 2 aliphatic rings. The van der Waals surface area contributed by atoms with Gasteiger partial charge in [-0.1, -0.05) is 32.9 Å². The maximum atomic E-state index is 15.3. The first-order chi connectivity index (χ1) is 22.4. The van der Waals surface area contributed by atoms with E-state index in [9.17, 15) is 9.59 Å². The number of carbonyl (C=O) groups excluding carboxylic acids is 2. The summed E-state index contributed by atoms with van der Waals surface area (Å²) in [6, 6.07) is 11.1. The van der Waals surface area contributed by atoms with Gasteiger partial charge in [-0.3, -0.25) is 9.69 Å². The minimum absolute atomic E-state index is 0.0195. The Morgan fingerprint density at radius 3 is 2.44 bits per heavy atom. The second kappa shape index (κ2) is 13.5. The van der Waals surface area contributed by atoms with Crippen LogP contribution in [0.25, 0.3) is 0 Å². The van der Waals surface area contributed by atoms with E-state index in [0.29, 0.717) is 22.8 Å². The molecular weight excluding hydrogens is 626 g/mol. The molecule has 0 spiro atoms. The highest BCUT2D eigenvalue weighted by Crippen LogP contribution is 2.40. The number of benzene rings is 2. The number of alkyl carbamates (subject to hydrolysis) is 1. The summed E-state index contributed by atoms with van der Waals surface area (Å²) in [6.07, 6.45) is 3.10. The van der Waals surface area contributed by atoms with E-state index in [4.69, 9.17) is 9.16 Å². The molecule has 3 heterocycles. The van der Waals surface area contributed by atoms with E-state index in [1.807, 2.05) is 33.8 Å². The first-order valence-electron chi connectivity index (χ1n) is 16.8. The number of aryl methyl sites for hydroxylation is 1. The number of hydrogen-bond donors (Lipinski definition) is 3. The van der Waals surface area contributed by atoms with Gasteiger partial charge in [0.15, 0.2) is 5.78 Å². The molecule has 0 radical (unpaired) electrons. The molecule has 1 fully saturated rings. The molecule has 48 heavy (non-hydrogen) atoms. The predicted octanol–water partition coefficient (Wildman–Crippen LogP) is 8.63. The third-order valence-corrected chi connectivity index (χ3v) is 13.8. The van der Waals surface area contributed by atoms with Crippen LogP contribution in [-0.2, 0) is 17.7 Å². The molecule has 5 rings (SSSR count). The topological polar surface area (TPSA) is 105 Å². The lowest BCUT2D eigenvalue weighted by atomic mass is 10.00. The van der Waals surface area contributed by atoms with Crippen molar-refractivity contribution in [2.75, 3.05) is 23.7 Å². The molecule has 1 aromatic heterocycles. The van der Waals surface area contributed by atoms with Gasteiger partial charge in [0, 0.05) is 50.0 Å². The first-order valence-corrected chi connectivity index (χ1v) is 19.7. The number of carbonyl (C=O) groups is 2. The Bertz CT molecular complexity index is 1690. The molecule has 0 bridgehead atoms. The average Bonchev–Trinajstić information content (AvgIpc) is 3.10. The van der Waals surface area contributed by atoms with Crippen LogP contribution < -0.4 is 20.4 Å². The highest BCUT2D eigenvalue weighted by molar-refractivity contribution is 6.74. The molecule has 0 aliphatic carbocycles. The number of likely N-dealkylation sites (tertiary alicyclic amines) is 1. The van der Waals surface area contributed by atoms with Gasteiger partial charge in [-0.05, 0) is 93.6 Å². The predicted molar refractivity (Wildman–Crippen MR) is 192 cm³/mol. The molecule has 3 aromatic rings. The Kier molecular flexibility index (Phi) is 9.95. The molecule has 2 aliphatic heterocycles. The fourth-order valence-corrected chi connectivity index (χ4v) is 6.82. The number of anilines is 4. The van der Waals surface area contributed by atoms with Crippen molar-refractivity contribution in [2.24, 2.45) is 0 Å². The van der Waals surface area contributed by atoms with Gasteiger partial charge in [0.05, 0.1) is 16.9 Å². The van der Waals surface area contributed by atoms with Crippen LogP contribution in [0.5, 0.6) is 5.75 Å². The van der Waals surface area contributed by atoms with Crippen molar-refractivity contribution < 1.29 is 23.1 Å². The number of ketones is 1. The van der Waals surface area contributed by atoms with Gasteiger partial charge in [0.2, 0.25) is 8.32 Å². The Morgan fingerprint density at radius 1 is 1.06 bits per heavy atom. The van der Waals surface area contributed by atoms with E-state index in [-0.39, 0.29) is 35.1 Å². The fraction of sp³-hybridized carbons (Fsp3) is 0.486. The summed E-state index contributed by atoms with van der Waals surface area (Å²) in [4.78, 5) is 32.8. The number of fused-ring (bicyclic) bond motifs is 2. The van der Waals surface area contributed by atoms with Crippen molar-refractivity contribution in [3.63, 3.8) is 0 Å². The van der Waals surface area contributed by atoms with E-state index in [1.54, 1.807) is 18.3 Å². The van der Waals surface area contributed by atoms with Gasteiger partial charge in [0.1, 0.15) is 23.0 Å². The van der Waals surface area contributed by atoms with Crippen LogP contribution in [0.1, 0.15) is 81.4 Å². The van der Waals surface area contributed by atoms with Gasteiger partial charge >= 0.3 is 6.09 Å². The van der Waals surface area contributed by atoms with Crippen LogP contribution in [0.3, 0.4) is 0 Å². The number of rotatable bonds is 7. The number of aromatic nitrogens is 1. The summed E-state index contributed by atoms with van der Waals surface area (Å²) in [5.74, 6) is 0.537. The number of piperidine rings is 1. The number of Topliss-reactive ketones (excluding diaryl/α,β-unsaturated/α-hetero) is 1. The molecule has 0 saturated carbocycles. The van der Waals surface area contributed by atoms with E-state index in [2.05, 4.69) is 71.8 Å². The van der Waals surface area contributed by atoms with Crippen molar-refractivity contribution in [3.8, 4) is 5.75 Å². The number of ether oxygens (including phenoxy) is 1. The lowest BCUT2D eigenvalue weighted by Crippen LogP contribution is -2.45. The normalized spacial score (nSPS) is 15.9. The van der Waals surface area contributed by atoms with E-state index >= 15 is 4.39 Å². The Balaban J connectivity index is 1.28. The molecular formula is C37H50FN5O4Si. The van der Waals surface area contributed by atoms with Crippen molar-refractivity contribution in [3.05, 3.63) is 70.7 Å². The summed E-state index contributed by atoms with van der Waals surface area (Å²) in [5.41, 5.74) is 4.13. The number of amides is 1. The van der Waals surface area contributed by atoms with Crippen molar-refractivity contribution in [1.82, 2.24) is 15.2 Å². The maximum Gasteiger partial charge on any atom is 0.407 e. The zero-order chi connectivity index (χ0) is 35.0. The second-order valence-electron chi connectivity index (χ2n) is 15.6. The van der Waals surface area contributed by atoms with Gasteiger partial charge in [-0.2, -0.15) is 0 Å². The third-order valence-electron chi connectivity index (χ3n) is 9.42. The molecule has 1 amide bonds. The molecule has 1 saturated heterocycles. The lowest BCUT2D eigenvalue weighted by Gasteiger charge is -2.37. The van der Waals surface area contributed by atoms with E-state index in [1.165, 1.54) is 6.07 Å². The second-order valence-corrected chi connectivity index (χ2v) is 20.3. The zero-order valence-electron chi connectivity index (χ0n) is 29.8. The third kappa shape index (κ3) is 8.36. The summed E-state index contributed by atoms with van der Waals surface area (Å²) in [5, 5.41) is 9.52. The average molecular weight is 676 g/mol. The van der Waals surface area contributed by atoms with E-state index < -0.39 is 19.7 Å². The molecule has 11 heteroatoms. The molecule has 3 N–H and O–H groups in total. The lowest BCUT2D eigenvalue weighted by molar-refractivity contribution is 0.0477. The minimum Gasteiger partial charge on any atom is -0.543 e. The Morgan fingerprint density at radius 2 is 1.77 bits per heavy atom. The molecule has 258 valence electrons. The largest absolute Gasteiger partial charge is 0.543 e. The van der Waals surface area contributed by atoms with Gasteiger partial charge in [-0.15, -0.1) is 0 Å². The van der Waals surface area contributed by atoms with Crippen molar-refractivity contribution in [1.29, 1.82) is 0 Å². The van der Waals surface area contributed by atoms with E-state index in [0.717, 1.165) is 54.9 Å². The van der Waals surface area contributed by atoms with Crippen LogP contribution in [0.2, 0.25) is 18.1 Å².